The van der Waals surface area contributed by atoms with Crippen LogP contribution in [0.3, 0.4) is 0 Å². The van der Waals surface area contributed by atoms with Crippen molar-refractivity contribution in [1.29, 1.82) is 5.26 Å². The summed E-state index contributed by atoms with van der Waals surface area (Å²) in [6.45, 7) is 1.63. The normalized spacial score (nSPS) is 13.7. The summed E-state index contributed by atoms with van der Waals surface area (Å²) in [7, 11) is 0. The summed E-state index contributed by atoms with van der Waals surface area (Å²) in [5, 5.41) is 19.3. The zero-order valence-corrected chi connectivity index (χ0v) is 9.33. The van der Waals surface area contributed by atoms with E-state index in [-0.39, 0.29) is 0 Å². The molecule has 1 unspecified atom stereocenters. The van der Waals surface area contributed by atoms with Gasteiger partial charge in [0.1, 0.15) is 5.60 Å². The van der Waals surface area contributed by atoms with E-state index in [2.05, 4.69) is 9.97 Å². The van der Waals surface area contributed by atoms with Crippen LogP contribution < -0.4 is 0 Å². The van der Waals surface area contributed by atoms with Crippen LogP contribution >= 0.6 is 0 Å². The van der Waals surface area contributed by atoms with Crippen LogP contribution in [-0.4, -0.2) is 15.1 Å². The molecule has 0 spiro atoms. The SMILES string of the molecule is CC(O)(c1cccc(C#N)c1)c1cnccn1. The second kappa shape index (κ2) is 4.32. The van der Waals surface area contributed by atoms with Crippen LogP contribution in [0.5, 0.6) is 0 Å². The van der Waals surface area contributed by atoms with E-state index >= 15 is 0 Å². The van der Waals surface area contributed by atoms with Crippen LogP contribution in [0, 0.1) is 11.3 Å². The molecule has 17 heavy (non-hydrogen) atoms. The zero-order valence-electron chi connectivity index (χ0n) is 9.33. The van der Waals surface area contributed by atoms with Crippen LogP contribution in [0.4, 0.5) is 0 Å². The number of benzene rings is 1. The third-order valence-corrected chi connectivity index (χ3v) is 2.62. The first-order valence-electron chi connectivity index (χ1n) is 5.14. The molecule has 1 aromatic carbocycles. The van der Waals surface area contributed by atoms with Crippen molar-refractivity contribution in [3.05, 3.63) is 59.7 Å². The van der Waals surface area contributed by atoms with Gasteiger partial charge in [0.05, 0.1) is 23.5 Å². The summed E-state index contributed by atoms with van der Waals surface area (Å²) in [5.74, 6) is 0. The average molecular weight is 225 g/mol. The second-order valence-corrected chi connectivity index (χ2v) is 3.86. The summed E-state index contributed by atoms with van der Waals surface area (Å²) in [6, 6.07) is 8.88. The molecule has 4 heteroatoms. The molecule has 2 aromatic rings. The lowest BCUT2D eigenvalue weighted by atomic mass is 9.92. The van der Waals surface area contributed by atoms with Crippen molar-refractivity contribution in [1.82, 2.24) is 9.97 Å². The minimum atomic E-state index is -1.25. The lowest BCUT2D eigenvalue weighted by Gasteiger charge is -2.22. The van der Waals surface area contributed by atoms with Crippen LogP contribution in [-0.2, 0) is 5.60 Å². The topological polar surface area (TPSA) is 69.8 Å². The molecule has 1 N–H and O–H groups in total. The molecule has 0 amide bonds. The third-order valence-electron chi connectivity index (χ3n) is 2.62. The van der Waals surface area contributed by atoms with Crippen molar-refractivity contribution in [2.45, 2.75) is 12.5 Å². The van der Waals surface area contributed by atoms with Gasteiger partial charge in [0, 0.05) is 12.4 Å². The fraction of sp³-hybridized carbons (Fsp3) is 0.154. The number of aliphatic hydroxyl groups is 1. The Morgan fingerprint density at radius 1 is 1.35 bits per heavy atom. The minimum absolute atomic E-state index is 0.454. The molecule has 0 aliphatic carbocycles. The first-order chi connectivity index (χ1) is 8.14. The lowest BCUT2D eigenvalue weighted by Crippen LogP contribution is -2.24. The maximum Gasteiger partial charge on any atom is 0.130 e. The smallest absolute Gasteiger partial charge is 0.130 e. The molecule has 0 bridgehead atoms. The number of aromatic nitrogens is 2. The largest absolute Gasteiger partial charge is 0.379 e. The molecule has 1 atom stereocenters. The molecule has 0 fully saturated rings. The Hall–Kier alpha value is -2.25. The molecule has 1 aromatic heterocycles. The van der Waals surface area contributed by atoms with Gasteiger partial charge in [-0.15, -0.1) is 0 Å². The fourth-order valence-electron chi connectivity index (χ4n) is 1.59. The Labute approximate surface area is 99.2 Å². The predicted octanol–water partition coefficient (Wildman–Crippen LogP) is 1.60. The van der Waals surface area contributed by atoms with Crippen molar-refractivity contribution in [2.75, 3.05) is 0 Å². The van der Waals surface area contributed by atoms with Gasteiger partial charge in [0.15, 0.2) is 0 Å². The average Bonchev–Trinajstić information content (AvgIpc) is 2.40. The van der Waals surface area contributed by atoms with E-state index in [9.17, 15) is 5.11 Å². The van der Waals surface area contributed by atoms with E-state index in [0.717, 1.165) is 0 Å². The monoisotopic (exact) mass is 225 g/mol. The number of nitriles is 1. The summed E-state index contributed by atoms with van der Waals surface area (Å²) >= 11 is 0. The van der Waals surface area contributed by atoms with E-state index in [1.807, 2.05) is 6.07 Å². The molecule has 0 saturated heterocycles. The third kappa shape index (κ3) is 2.14. The van der Waals surface area contributed by atoms with Crippen molar-refractivity contribution in [3.63, 3.8) is 0 Å². The van der Waals surface area contributed by atoms with Gasteiger partial charge in [-0.2, -0.15) is 5.26 Å². The van der Waals surface area contributed by atoms with Gasteiger partial charge < -0.3 is 5.11 Å². The van der Waals surface area contributed by atoms with Crippen molar-refractivity contribution >= 4 is 0 Å². The zero-order chi connectivity index (χ0) is 12.3. The van der Waals surface area contributed by atoms with Crippen molar-refractivity contribution in [3.8, 4) is 6.07 Å². The summed E-state index contributed by atoms with van der Waals surface area (Å²) in [6.07, 6.45) is 4.59. The van der Waals surface area contributed by atoms with Gasteiger partial charge in [-0.1, -0.05) is 12.1 Å². The Morgan fingerprint density at radius 3 is 2.82 bits per heavy atom. The maximum atomic E-state index is 10.5. The van der Waals surface area contributed by atoms with Crippen LogP contribution in [0.1, 0.15) is 23.7 Å². The van der Waals surface area contributed by atoms with Gasteiger partial charge in [-0.05, 0) is 24.6 Å². The highest BCUT2D eigenvalue weighted by atomic mass is 16.3. The Kier molecular flexibility index (Phi) is 2.86. The number of hydrogen-bond donors (Lipinski definition) is 1. The van der Waals surface area contributed by atoms with Crippen LogP contribution in [0.15, 0.2) is 42.9 Å². The fourth-order valence-corrected chi connectivity index (χ4v) is 1.59. The van der Waals surface area contributed by atoms with E-state index in [0.29, 0.717) is 16.8 Å². The Morgan fingerprint density at radius 2 is 2.18 bits per heavy atom. The van der Waals surface area contributed by atoms with E-state index in [1.165, 1.54) is 12.4 Å². The maximum absolute atomic E-state index is 10.5. The first kappa shape index (κ1) is 11.2. The molecule has 84 valence electrons. The molecular formula is C13H11N3O. The van der Waals surface area contributed by atoms with Gasteiger partial charge in [-0.3, -0.25) is 9.97 Å². The number of rotatable bonds is 2. The molecule has 0 saturated carbocycles. The molecule has 0 radical (unpaired) electrons. The van der Waals surface area contributed by atoms with E-state index < -0.39 is 5.60 Å². The van der Waals surface area contributed by atoms with Gasteiger partial charge in [0.25, 0.3) is 0 Å². The van der Waals surface area contributed by atoms with Crippen LogP contribution in [0.25, 0.3) is 0 Å². The number of nitrogens with zero attached hydrogens (tertiary/aromatic N) is 3. The Balaban J connectivity index is 2.48. The van der Waals surface area contributed by atoms with E-state index in [4.69, 9.17) is 5.26 Å². The standard InChI is InChI=1S/C13H11N3O/c1-13(17,12-9-15-5-6-16-12)11-4-2-3-10(7-11)8-14/h2-7,9,17H,1H3. The number of hydrogen-bond acceptors (Lipinski definition) is 4. The summed E-state index contributed by atoms with van der Waals surface area (Å²) < 4.78 is 0. The van der Waals surface area contributed by atoms with Crippen molar-refractivity contribution in [2.24, 2.45) is 0 Å². The molecule has 0 aliphatic rings. The summed E-state index contributed by atoms with van der Waals surface area (Å²) in [5.41, 5.74) is 0.333. The Bertz CT molecular complexity index is 558. The van der Waals surface area contributed by atoms with Gasteiger partial charge >= 0.3 is 0 Å². The highest BCUT2D eigenvalue weighted by Crippen LogP contribution is 2.27. The molecular weight excluding hydrogens is 214 g/mol. The highest BCUT2D eigenvalue weighted by molar-refractivity contribution is 5.38. The van der Waals surface area contributed by atoms with Crippen molar-refractivity contribution < 1.29 is 5.11 Å². The first-order valence-corrected chi connectivity index (χ1v) is 5.14. The van der Waals surface area contributed by atoms with Gasteiger partial charge in [0.2, 0.25) is 0 Å². The highest BCUT2D eigenvalue weighted by Gasteiger charge is 2.27. The summed E-state index contributed by atoms with van der Waals surface area (Å²) in [4.78, 5) is 8.02. The lowest BCUT2D eigenvalue weighted by molar-refractivity contribution is 0.0969. The molecule has 1 heterocycles. The van der Waals surface area contributed by atoms with Crippen LogP contribution in [0.2, 0.25) is 0 Å². The predicted molar refractivity (Wildman–Crippen MR) is 61.9 cm³/mol. The van der Waals surface area contributed by atoms with Gasteiger partial charge in [-0.25, -0.2) is 0 Å². The van der Waals surface area contributed by atoms with E-state index in [1.54, 1.807) is 37.4 Å². The molecule has 4 nitrogen and oxygen atoms in total. The quantitative estimate of drug-likeness (QED) is 0.842. The molecule has 2 rings (SSSR count). The minimum Gasteiger partial charge on any atom is -0.379 e. The second-order valence-electron chi connectivity index (χ2n) is 3.86. The molecule has 0 aliphatic heterocycles.